The van der Waals surface area contributed by atoms with Crippen LogP contribution in [0.4, 0.5) is 0 Å². The second-order valence-corrected chi connectivity index (χ2v) is 6.60. The van der Waals surface area contributed by atoms with Gasteiger partial charge in [-0.2, -0.15) is 0 Å². The summed E-state index contributed by atoms with van der Waals surface area (Å²) in [5.41, 5.74) is 1.75. The Bertz CT molecular complexity index is 924. The van der Waals surface area contributed by atoms with Gasteiger partial charge in [-0.25, -0.2) is 0 Å². The molecule has 0 atom stereocenters. The molecule has 8 heteroatoms. The first-order valence-electron chi connectivity index (χ1n) is 8.69. The van der Waals surface area contributed by atoms with E-state index in [0.29, 0.717) is 17.6 Å². The normalized spacial score (nSPS) is 10.5. The van der Waals surface area contributed by atoms with Crippen molar-refractivity contribution in [2.45, 2.75) is 12.1 Å². The number of nitrogens with zero attached hydrogens (tertiary/aromatic N) is 3. The van der Waals surface area contributed by atoms with Gasteiger partial charge in [-0.05, 0) is 55.5 Å². The average Bonchev–Trinajstić information content (AvgIpc) is 3.16. The van der Waals surface area contributed by atoms with Gasteiger partial charge in [0, 0.05) is 11.3 Å². The van der Waals surface area contributed by atoms with E-state index in [0.717, 1.165) is 22.7 Å². The lowest BCUT2D eigenvalue weighted by molar-refractivity contribution is -0.139. The highest BCUT2D eigenvalue weighted by Gasteiger charge is 2.18. The van der Waals surface area contributed by atoms with Crippen LogP contribution >= 0.6 is 11.8 Å². The molecule has 1 heterocycles. The molecular weight excluding hydrogens is 378 g/mol. The fourth-order valence-electron chi connectivity index (χ4n) is 2.58. The Balaban J connectivity index is 1.99. The number of rotatable bonds is 8. The Morgan fingerprint density at radius 1 is 0.964 bits per heavy atom. The van der Waals surface area contributed by atoms with Gasteiger partial charge in [-0.15, -0.1) is 10.2 Å². The molecule has 146 valence electrons. The molecule has 0 spiro atoms. The molecule has 0 N–H and O–H groups in total. The number of methoxy groups -OCH3 is 2. The third-order valence-electron chi connectivity index (χ3n) is 3.94. The summed E-state index contributed by atoms with van der Waals surface area (Å²) < 4.78 is 17.4. The minimum Gasteiger partial charge on any atom is -0.497 e. The number of hydrogen-bond acceptors (Lipinski definition) is 7. The van der Waals surface area contributed by atoms with Crippen LogP contribution in [0.1, 0.15) is 6.92 Å². The molecule has 0 aliphatic heterocycles. The Morgan fingerprint density at radius 3 is 2.14 bits per heavy atom. The zero-order valence-electron chi connectivity index (χ0n) is 15.9. The predicted octanol–water partition coefficient (Wildman–Crippen LogP) is 3.61. The first-order chi connectivity index (χ1) is 13.7. The summed E-state index contributed by atoms with van der Waals surface area (Å²) in [5.74, 6) is 2.05. The van der Waals surface area contributed by atoms with Gasteiger partial charge in [0.2, 0.25) is 0 Å². The summed E-state index contributed by atoms with van der Waals surface area (Å²) in [6.45, 7) is 2.13. The van der Waals surface area contributed by atoms with Crippen LogP contribution in [0.5, 0.6) is 11.5 Å². The van der Waals surface area contributed by atoms with Crippen LogP contribution in [0, 0.1) is 0 Å². The lowest BCUT2D eigenvalue weighted by atomic mass is 10.2. The van der Waals surface area contributed by atoms with Gasteiger partial charge in [0.25, 0.3) is 0 Å². The van der Waals surface area contributed by atoms with Crippen LogP contribution in [-0.4, -0.2) is 47.3 Å². The molecule has 0 aliphatic rings. The van der Waals surface area contributed by atoms with Crippen molar-refractivity contribution in [2.75, 3.05) is 26.6 Å². The van der Waals surface area contributed by atoms with Crippen LogP contribution in [0.3, 0.4) is 0 Å². The fraction of sp³-hybridized carbons (Fsp3) is 0.250. The summed E-state index contributed by atoms with van der Waals surface area (Å²) in [6, 6.07) is 15.2. The van der Waals surface area contributed by atoms with E-state index in [1.54, 1.807) is 21.1 Å². The van der Waals surface area contributed by atoms with Crippen LogP contribution in [0.25, 0.3) is 17.1 Å². The Labute approximate surface area is 167 Å². The zero-order valence-corrected chi connectivity index (χ0v) is 16.7. The SMILES string of the molecule is CCOC(=O)CSc1nnc(-c2ccc(OC)cc2)n1-c1ccc(OC)cc1. The highest BCUT2D eigenvalue weighted by molar-refractivity contribution is 7.99. The Kier molecular flexibility index (Phi) is 6.54. The lowest BCUT2D eigenvalue weighted by Gasteiger charge is -2.11. The van der Waals surface area contributed by atoms with E-state index in [4.69, 9.17) is 14.2 Å². The number of carbonyl (C=O) groups is 1. The minimum atomic E-state index is -0.289. The van der Waals surface area contributed by atoms with Gasteiger partial charge < -0.3 is 14.2 Å². The Hall–Kier alpha value is -3.00. The highest BCUT2D eigenvalue weighted by Crippen LogP contribution is 2.29. The molecule has 0 aliphatic carbocycles. The van der Waals surface area contributed by atoms with Gasteiger partial charge in [0.1, 0.15) is 11.5 Å². The molecule has 0 amide bonds. The van der Waals surface area contributed by atoms with Gasteiger partial charge in [-0.3, -0.25) is 9.36 Å². The van der Waals surface area contributed by atoms with Crippen molar-refractivity contribution in [1.82, 2.24) is 14.8 Å². The largest absolute Gasteiger partial charge is 0.497 e. The van der Waals surface area contributed by atoms with Crippen molar-refractivity contribution in [2.24, 2.45) is 0 Å². The molecule has 3 aromatic rings. The first-order valence-corrected chi connectivity index (χ1v) is 9.67. The van der Waals surface area contributed by atoms with Crippen molar-refractivity contribution in [3.63, 3.8) is 0 Å². The quantitative estimate of drug-likeness (QED) is 0.423. The molecule has 2 aromatic carbocycles. The molecule has 7 nitrogen and oxygen atoms in total. The molecule has 28 heavy (non-hydrogen) atoms. The van der Waals surface area contributed by atoms with E-state index in [1.807, 2.05) is 53.1 Å². The number of thioether (sulfide) groups is 1. The number of aromatic nitrogens is 3. The number of esters is 1. The van der Waals surface area contributed by atoms with Crippen molar-refractivity contribution >= 4 is 17.7 Å². The minimum absolute atomic E-state index is 0.157. The molecular formula is C20H21N3O4S. The summed E-state index contributed by atoms with van der Waals surface area (Å²) >= 11 is 1.28. The van der Waals surface area contributed by atoms with Crippen molar-refractivity contribution in [3.05, 3.63) is 48.5 Å². The molecule has 1 aromatic heterocycles. The monoisotopic (exact) mass is 399 g/mol. The fourth-order valence-corrected chi connectivity index (χ4v) is 3.33. The van der Waals surface area contributed by atoms with E-state index < -0.39 is 0 Å². The number of carbonyl (C=O) groups excluding carboxylic acids is 1. The zero-order chi connectivity index (χ0) is 19.9. The summed E-state index contributed by atoms with van der Waals surface area (Å²) in [7, 11) is 3.25. The second kappa shape index (κ2) is 9.27. The summed E-state index contributed by atoms with van der Waals surface area (Å²) in [5, 5.41) is 9.25. The maximum atomic E-state index is 11.8. The van der Waals surface area contributed by atoms with Crippen molar-refractivity contribution in [3.8, 4) is 28.6 Å². The molecule has 0 saturated carbocycles. The third kappa shape index (κ3) is 4.45. The van der Waals surface area contributed by atoms with Crippen molar-refractivity contribution < 1.29 is 19.0 Å². The van der Waals surface area contributed by atoms with E-state index in [9.17, 15) is 4.79 Å². The number of ether oxygens (including phenoxy) is 3. The van der Waals surface area contributed by atoms with Gasteiger partial charge in [0.15, 0.2) is 11.0 Å². The Morgan fingerprint density at radius 2 is 1.57 bits per heavy atom. The predicted molar refractivity (Wildman–Crippen MR) is 107 cm³/mol. The molecule has 0 fully saturated rings. The second-order valence-electron chi connectivity index (χ2n) is 5.66. The van der Waals surface area contributed by atoms with E-state index in [1.165, 1.54) is 11.8 Å². The maximum Gasteiger partial charge on any atom is 0.316 e. The van der Waals surface area contributed by atoms with Crippen LogP contribution in [0.15, 0.2) is 53.7 Å². The van der Waals surface area contributed by atoms with Crippen LogP contribution < -0.4 is 9.47 Å². The molecule has 0 radical (unpaired) electrons. The third-order valence-corrected chi connectivity index (χ3v) is 4.84. The number of hydrogen-bond donors (Lipinski definition) is 0. The van der Waals surface area contributed by atoms with Gasteiger partial charge in [-0.1, -0.05) is 11.8 Å². The van der Waals surface area contributed by atoms with E-state index in [-0.39, 0.29) is 11.7 Å². The van der Waals surface area contributed by atoms with Gasteiger partial charge >= 0.3 is 5.97 Å². The van der Waals surface area contributed by atoms with Crippen LogP contribution in [-0.2, 0) is 9.53 Å². The van der Waals surface area contributed by atoms with Crippen molar-refractivity contribution in [1.29, 1.82) is 0 Å². The highest BCUT2D eigenvalue weighted by atomic mass is 32.2. The first kappa shape index (κ1) is 19.8. The van der Waals surface area contributed by atoms with Gasteiger partial charge in [0.05, 0.1) is 26.6 Å². The van der Waals surface area contributed by atoms with E-state index in [2.05, 4.69) is 10.2 Å². The standard InChI is InChI=1S/C20H21N3O4S/c1-4-27-18(24)13-28-20-22-21-19(14-5-9-16(25-2)10-6-14)23(20)15-7-11-17(26-3)12-8-15/h5-12H,4,13H2,1-3H3. The number of benzene rings is 2. The van der Waals surface area contributed by atoms with Crippen LogP contribution in [0.2, 0.25) is 0 Å². The summed E-state index contributed by atoms with van der Waals surface area (Å²) in [4.78, 5) is 11.8. The topological polar surface area (TPSA) is 75.5 Å². The lowest BCUT2D eigenvalue weighted by Crippen LogP contribution is -2.08. The molecule has 3 rings (SSSR count). The molecule has 0 bridgehead atoms. The summed E-state index contributed by atoms with van der Waals surface area (Å²) in [6.07, 6.45) is 0. The molecule has 0 unspecified atom stereocenters. The maximum absolute atomic E-state index is 11.8. The molecule has 0 saturated heterocycles. The average molecular weight is 399 g/mol. The smallest absolute Gasteiger partial charge is 0.316 e. The van der Waals surface area contributed by atoms with E-state index >= 15 is 0 Å².